The number of carbonyl (C=O) groups excluding carboxylic acids is 1. The van der Waals surface area contributed by atoms with Gasteiger partial charge in [0, 0.05) is 11.3 Å². The summed E-state index contributed by atoms with van der Waals surface area (Å²) in [6.07, 6.45) is 2.14. The van der Waals surface area contributed by atoms with Crippen molar-refractivity contribution in [2.45, 2.75) is 25.5 Å². The zero-order chi connectivity index (χ0) is 15.1. The van der Waals surface area contributed by atoms with Gasteiger partial charge in [0.15, 0.2) is 0 Å². The fourth-order valence-corrected chi connectivity index (χ4v) is 5.95. The number of hydrogen-bond acceptors (Lipinski definition) is 2. The van der Waals surface area contributed by atoms with E-state index in [0.29, 0.717) is 0 Å². The predicted octanol–water partition coefficient (Wildman–Crippen LogP) is 5.48. The molecule has 1 atom stereocenters. The smallest absolute Gasteiger partial charge is 0.211 e. The summed E-state index contributed by atoms with van der Waals surface area (Å²) in [5.74, 6) is 1.64. The summed E-state index contributed by atoms with van der Waals surface area (Å²) in [6, 6.07) is 19.8. The lowest BCUT2D eigenvalue weighted by Crippen LogP contribution is -2.14. The first-order valence-electron chi connectivity index (χ1n) is 7.30. The van der Waals surface area contributed by atoms with E-state index in [1.807, 2.05) is 48.5 Å². The molecular weight excluding hydrogens is 296 g/mol. The molecule has 2 aromatic carbocycles. The number of unbranched alkanes of at least 4 members (excludes halogenated alkanes) is 1. The van der Waals surface area contributed by atoms with Gasteiger partial charge < -0.3 is 0 Å². The fraction of sp³-hybridized carbons (Fsp3) is 0.278. The lowest BCUT2D eigenvalue weighted by Gasteiger charge is -2.33. The number of carbonyl (C=O) groups is 1. The molecule has 1 unspecified atom stereocenters. The monoisotopic (exact) mass is 318 g/mol. The van der Waals surface area contributed by atoms with E-state index in [1.54, 1.807) is 0 Å². The maximum Gasteiger partial charge on any atom is 0.211 e. The van der Waals surface area contributed by atoms with Crippen molar-refractivity contribution in [1.82, 2.24) is 0 Å². The average Bonchev–Trinajstić information content (AvgIpc) is 2.54. The first kappa shape index (κ1) is 16.2. The maximum absolute atomic E-state index is 12.9. The molecule has 0 bridgehead atoms. The van der Waals surface area contributed by atoms with Gasteiger partial charge in [-0.15, -0.1) is 20.7 Å². The second-order valence-corrected chi connectivity index (χ2v) is 10.0. The molecule has 0 fully saturated rings. The summed E-state index contributed by atoms with van der Waals surface area (Å²) in [5, 5.41) is 0.212. The number of benzene rings is 2. The zero-order valence-corrected chi connectivity index (χ0v) is 14.1. The molecule has 0 amide bonds. The van der Waals surface area contributed by atoms with Gasteiger partial charge in [-0.3, -0.25) is 4.79 Å². The van der Waals surface area contributed by atoms with Crippen LogP contribution < -0.4 is 0 Å². The fourth-order valence-electron chi connectivity index (χ4n) is 2.26. The Kier molecular flexibility index (Phi) is 5.95. The van der Waals surface area contributed by atoms with Gasteiger partial charge in [-0.2, -0.15) is 0 Å². The lowest BCUT2D eigenvalue weighted by atomic mass is 10.2. The van der Waals surface area contributed by atoms with E-state index in [2.05, 4.69) is 19.1 Å². The van der Waals surface area contributed by atoms with Gasteiger partial charge in [-0.05, 0) is 17.7 Å². The highest BCUT2D eigenvalue weighted by Crippen LogP contribution is 2.58. The maximum atomic E-state index is 12.9. The first-order chi connectivity index (χ1) is 10.2. The largest absolute Gasteiger partial charge is 0.282 e. The van der Waals surface area contributed by atoms with Crippen molar-refractivity contribution >= 4 is 25.8 Å². The van der Waals surface area contributed by atoms with Crippen LogP contribution in [0.1, 0.15) is 35.7 Å². The highest BCUT2D eigenvalue weighted by molar-refractivity contribution is 8.93. The van der Waals surface area contributed by atoms with Crippen molar-refractivity contribution in [2.24, 2.45) is 0 Å². The third-order valence-electron chi connectivity index (χ3n) is 3.44. The zero-order valence-electron chi connectivity index (χ0n) is 12.4. The summed E-state index contributed by atoms with van der Waals surface area (Å²) >= 11 is 4.90. The van der Waals surface area contributed by atoms with Crippen molar-refractivity contribution in [3.63, 3.8) is 0 Å². The molecule has 3 heteroatoms. The molecule has 0 N–H and O–H groups in total. The molecule has 0 aliphatic rings. The Morgan fingerprint density at radius 2 is 1.57 bits per heavy atom. The summed E-state index contributed by atoms with van der Waals surface area (Å²) < 4.78 is 0. The topological polar surface area (TPSA) is 17.1 Å². The van der Waals surface area contributed by atoms with Gasteiger partial charge >= 0.3 is 0 Å². The molecule has 0 radical (unpaired) electrons. The SMILES string of the molecule is CCCCS(S)(Cc1ccccc1)C(=O)c1ccccc1. The second-order valence-electron chi connectivity index (χ2n) is 5.18. The molecule has 112 valence electrons. The molecule has 1 nitrogen and oxygen atoms in total. The van der Waals surface area contributed by atoms with Crippen LogP contribution in [0.2, 0.25) is 0 Å². The van der Waals surface area contributed by atoms with Gasteiger partial charge in [0.05, 0.1) is 0 Å². The Balaban J connectivity index is 2.26. The average molecular weight is 319 g/mol. The number of rotatable bonds is 6. The molecular formula is C18H22OS2. The molecule has 0 spiro atoms. The van der Waals surface area contributed by atoms with Gasteiger partial charge in [0.1, 0.15) is 0 Å². The van der Waals surface area contributed by atoms with Crippen LogP contribution in [0.15, 0.2) is 60.7 Å². The van der Waals surface area contributed by atoms with Gasteiger partial charge in [0.2, 0.25) is 5.12 Å². The van der Waals surface area contributed by atoms with Crippen LogP contribution in [0.25, 0.3) is 0 Å². The van der Waals surface area contributed by atoms with Crippen LogP contribution in [-0.4, -0.2) is 10.9 Å². The molecule has 2 aromatic rings. The third-order valence-corrected chi connectivity index (χ3v) is 7.57. The van der Waals surface area contributed by atoms with Crippen molar-refractivity contribution < 1.29 is 4.79 Å². The molecule has 0 saturated heterocycles. The molecule has 0 aromatic heterocycles. The second kappa shape index (κ2) is 7.71. The molecule has 0 aliphatic carbocycles. The van der Waals surface area contributed by atoms with E-state index in [-0.39, 0.29) is 5.12 Å². The van der Waals surface area contributed by atoms with Crippen LogP contribution >= 0.6 is 20.7 Å². The standard InChI is InChI=1S/C18H22OS2/c1-2-3-14-21(20,15-16-10-6-4-7-11-16)18(19)17-12-8-5-9-13-17/h4-13,20H,2-3,14-15H2,1H3. The van der Waals surface area contributed by atoms with Gasteiger partial charge in [-0.25, -0.2) is 0 Å². The summed E-state index contributed by atoms with van der Waals surface area (Å²) in [6.45, 7) is 2.16. The molecule has 21 heavy (non-hydrogen) atoms. The molecule has 0 heterocycles. The predicted molar refractivity (Wildman–Crippen MR) is 97.3 cm³/mol. The highest BCUT2D eigenvalue weighted by atomic mass is 33.1. The van der Waals surface area contributed by atoms with E-state index in [1.165, 1.54) is 5.56 Å². The minimum absolute atomic E-state index is 0.212. The van der Waals surface area contributed by atoms with Gasteiger partial charge in [0.25, 0.3) is 0 Å². The quantitative estimate of drug-likeness (QED) is 0.551. The van der Waals surface area contributed by atoms with E-state index < -0.39 is 9.06 Å². The van der Waals surface area contributed by atoms with Crippen LogP contribution in [0.4, 0.5) is 0 Å². The molecule has 2 rings (SSSR count). The van der Waals surface area contributed by atoms with Crippen molar-refractivity contribution in [2.75, 3.05) is 5.75 Å². The van der Waals surface area contributed by atoms with Crippen LogP contribution in [-0.2, 0) is 5.75 Å². The van der Waals surface area contributed by atoms with E-state index in [0.717, 1.165) is 29.9 Å². The van der Waals surface area contributed by atoms with Crippen molar-refractivity contribution in [3.8, 4) is 0 Å². The minimum atomic E-state index is -1.63. The summed E-state index contributed by atoms with van der Waals surface area (Å²) in [4.78, 5) is 12.9. The van der Waals surface area contributed by atoms with Crippen molar-refractivity contribution in [3.05, 3.63) is 71.8 Å². The lowest BCUT2D eigenvalue weighted by molar-refractivity contribution is 0.108. The van der Waals surface area contributed by atoms with Gasteiger partial charge in [-0.1, -0.05) is 74.0 Å². The van der Waals surface area contributed by atoms with Crippen LogP contribution in [0.5, 0.6) is 0 Å². The third kappa shape index (κ3) is 4.39. The Bertz CT molecular complexity index is 568. The molecule has 0 saturated carbocycles. The summed E-state index contributed by atoms with van der Waals surface area (Å²) in [5.41, 5.74) is 1.98. The van der Waals surface area contributed by atoms with E-state index >= 15 is 0 Å². The van der Waals surface area contributed by atoms with Crippen LogP contribution in [0, 0.1) is 0 Å². The van der Waals surface area contributed by atoms with E-state index in [4.69, 9.17) is 11.7 Å². The number of hydrogen-bond donors (Lipinski definition) is 1. The Morgan fingerprint density at radius 3 is 2.14 bits per heavy atom. The Labute approximate surface area is 133 Å². The minimum Gasteiger partial charge on any atom is -0.282 e. The number of thiol groups is 1. The van der Waals surface area contributed by atoms with E-state index in [9.17, 15) is 4.79 Å². The van der Waals surface area contributed by atoms with Crippen LogP contribution in [0.3, 0.4) is 0 Å². The normalized spacial score (nSPS) is 15.1. The highest BCUT2D eigenvalue weighted by Gasteiger charge is 2.29. The Morgan fingerprint density at radius 1 is 1.00 bits per heavy atom. The molecule has 0 aliphatic heterocycles. The van der Waals surface area contributed by atoms with Crippen molar-refractivity contribution in [1.29, 1.82) is 0 Å². The summed E-state index contributed by atoms with van der Waals surface area (Å²) in [7, 11) is -1.63. The Hall–Kier alpha value is -1.19. The first-order valence-corrected chi connectivity index (χ1v) is 10.3.